The Morgan fingerprint density at radius 3 is 2.50 bits per heavy atom. The van der Waals surface area contributed by atoms with Crippen molar-refractivity contribution < 1.29 is 5.11 Å². The second-order valence-electron chi connectivity index (χ2n) is 2.31. The van der Waals surface area contributed by atoms with Crippen LogP contribution >= 0.6 is 28.3 Å². The molecule has 2 nitrogen and oxygen atoms in total. The van der Waals surface area contributed by atoms with Crippen molar-refractivity contribution in [2.45, 2.75) is 6.04 Å². The molecule has 3 N–H and O–H groups in total. The summed E-state index contributed by atoms with van der Waals surface area (Å²) in [5, 5.41) is 8.77. The Labute approximate surface area is 86.3 Å². The molecule has 0 saturated heterocycles. The van der Waals surface area contributed by atoms with Gasteiger partial charge in [-0.1, -0.05) is 34.1 Å². The van der Waals surface area contributed by atoms with Crippen molar-refractivity contribution in [1.82, 2.24) is 0 Å². The highest BCUT2D eigenvalue weighted by Crippen LogP contribution is 2.20. The van der Waals surface area contributed by atoms with E-state index in [0.717, 1.165) is 10.0 Å². The molecule has 0 aromatic heterocycles. The van der Waals surface area contributed by atoms with E-state index in [4.69, 9.17) is 10.8 Å². The summed E-state index contributed by atoms with van der Waals surface area (Å²) in [6.07, 6.45) is 0. The zero-order chi connectivity index (χ0) is 8.27. The first-order valence-corrected chi connectivity index (χ1v) is 4.16. The van der Waals surface area contributed by atoms with E-state index in [1.54, 1.807) is 0 Å². The van der Waals surface area contributed by atoms with Crippen molar-refractivity contribution in [2.75, 3.05) is 6.61 Å². The fourth-order valence-corrected chi connectivity index (χ4v) is 1.45. The fourth-order valence-electron chi connectivity index (χ4n) is 0.874. The van der Waals surface area contributed by atoms with E-state index in [9.17, 15) is 0 Å². The summed E-state index contributed by atoms with van der Waals surface area (Å²) < 4.78 is 0.946. The predicted molar refractivity (Wildman–Crippen MR) is 55.4 cm³/mol. The van der Waals surface area contributed by atoms with Crippen LogP contribution in [0.3, 0.4) is 0 Å². The Bertz CT molecular complexity index is 244. The zero-order valence-corrected chi connectivity index (χ0v) is 8.81. The molecule has 0 fully saturated rings. The highest BCUT2D eigenvalue weighted by molar-refractivity contribution is 9.10. The minimum atomic E-state index is -0.287. The first-order valence-electron chi connectivity index (χ1n) is 3.36. The quantitative estimate of drug-likeness (QED) is 0.844. The van der Waals surface area contributed by atoms with Gasteiger partial charge < -0.3 is 10.8 Å². The molecule has 1 atom stereocenters. The summed E-state index contributed by atoms with van der Waals surface area (Å²) >= 11 is 3.35. The number of hydrogen-bond donors (Lipinski definition) is 2. The topological polar surface area (TPSA) is 46.2 Å². The fraction of sp³-hybridized carbons (Fsp3) is 0.250. The molecule has 1 rings (SSSR count). The average molecular weight is 253 g/mol. The van der Waals surface area contributed by atoms with E-state index in [-0.39, 0.29) is 25.1 Å². The van der Waals surface area contributed by atoms with Gasteiger partial charge in [0.15, 0.2) is 0 Å². The molecule has 0 aliphatic rings. The molecule has 0 radical (unpaired) electrons. The van der Waals surface area contributed by atoms with E-state index in [1.165, 1.54) is 0 Å². The average Bonchev–Trinajstić information content (AvgIpc) is 2.04. The molecule has 1 aromatic carbocycles. The van der Waals surface area contributed by atoms with Gasteiger partial charge in [-0.3, -0.25) is 0 Å². The van der Waals surface area contributed by atoms with Crippen LogP contribution in [0.15, 0.2) is 28.7 Å². The molecule has 1 aromatic rings. The maximum Gasteiger partial charge on any atom is 0.0624 e. The molecular formula is C8H11BrClNO. The van der Waals surface area contributed by atoms with Gasteiger partial charge in [-0.05, 0) is 11.6 Å². The molecule has 0 spiro atoms. The van der Waals surface area contributed by atoms with Gasteiger partial charge >= 0.3 is 0 Å². The molecular weight excluding hydrogens is 241 g/mol. The number of rotatable bonds is 2. The van der Waals surface area contributed by atoms with Gasteiger partial charge in [-0.25, -0.2) is 0 Å². The Morgan fingerprint density at radius 2 is 2.00 bits per heavy atom. The molecule has 0 bridgehead atoms. The van der Waals surface area contributed by atoms with Crippen LogP contribution in [0.1, 0.15) is 11.6 Å². The minimum Gasteiger partial charge on any atom is -0.394 e. The smallest absolute Gasteiger partial charge is 0.0624 e. The molecule has 0 heterocycles. The number of benzene rings is 1. The van der Waals surface area contributed by atoms with Crippen LogP contribution in [0.25, 0.3) is 0 Å². The van der Waals surface area contributed by atoms with Gasteiger partial charge in [-0.15, -0.1) is 12.4 Å². The maximum absolute atomic E-state index is 8.77. The molecule has 0 saturated carbocycles. The molecule has 0 aliphatic carbocycles. The van der Waals surface area contributed by atoms with Crippen LogP contribution in [-0.4, -0.2) is 11.7 Å². The molecule has 12 heavy (non-hydrogen) atoms. The molecule has 4 heteroatoms. The van der Waals surface area contributed by atoms with Crippen LogP contribution in [0.5, 0.6) is 0 Å². The van der Waals surface area contributed by atoms with Crippen molar-refractivity contribution in [2.24, 2.45) is 5.73 Å². The lowest BCUT2D eigenvalue weighted by molar-refractivity contribution is 0.267. The van der Waals surface area contributed by atoms with Gasteiger partial charge in [0, 0.05) is 4.47 Å². The summed E-state index contributed by atoms with van der Waals surface area (Å²) in [6.45, 7) is -0.0252. The lowest BCUT2D eigenvalue weighted by Crippen LogP contribution is -2.14. The van der Waals surface area contributed by atoms with Gasteiger partial charge in [0.25, 0.3) is 0 Å². The van der Waals surface area contributed by atoms with Gasteiger partial charge in [0.05, 0.1) is 12.6 Å². The summed E-state index contributed by atoms with van der Waals surface area (Å²) in [7, 11) is 0. The van der Waals surface area contributed by atoms with Crippen LogP contribution in [0.2, 0.25) is 0 Å². The Balaban J connectivity index is 0.00000121. The maximum atomic E-state index is 8.77. The number of halogens is 2. The monoisotopic (exact) mass is 251 g/mol. The van der Waals surface area contributed by atoms with Crippen molar-refractivity contribution in [3.63, 3.8) is 0 Å². The third kappa shape index (κ3) is 2.75. The summed E-state index contributed by atoms with van der Waals surface area (Å²) in [5.74, 6) is 0. The van der Waals surface area contributed by atoms with E-state index >= 15 is 0 Å². The van der Waals surface area contributed by atoms with Gasteiger partial charge in [0.2, 0.25) is 0 Å². The van der Waals surface area contributed by atoms with Crippen LogP contribution < -0.4 is 5.73 Å². The first kappa shape index (κ1) is 11.9. The zero-order valence-electron chi connectivity index (χ0n) is 6.40. The van der Waals surface area contributed by atoms with Crippen molar-refractivity contribution in [3.8, 4) is 0 Å². The number of hydrogen-bond acceptors (Lipinski definition) is 2. The van der Waals surface area contributed by atoms with Crippen LogP contribution in [0.4, 0.5) is 0 Å². The predicted octanol–water partition coefficient (Wildman–Crippen LogP) is 1.86. The molecule has 0 amide bonds. The number of aliphatic hydroxyl groups excluding tert-OH is 1. The summed E-state index contributed by atoms with van der Waals surface area (Å²) in [4.78, 5) is 0. The third-order valence-corrected chi connectivity index (χ3v) is 2.22. The number of aliphatic hydroxyl groups is 1. The second-order valence-corrected chi connectivity index (χ2v) is 3.16. The highest BCUT2D eigenvalue weighted by atomic mass is 79.9. The van der Waals surface area contributed by atoms with E-state index in [2.05, 4.69) is 15.9 Å². The van der Waals surface area contributed by atoms with Crippen molar-refractivity contribution in [1.29, 1.82) is 0 Å². The van der Waals surface area contributed by atoms with Gasteiger partial charge in [-0.2, -0.15) is 0 Å². The molecule has 0 unspecified atom stereocenters. The van der Waals surface area contributed by atoms with Crippen LogP contribution in [-0.2, 0) is 0 Å². The largest absolute Gasteiger partial charge is 0.394 e. The van der Waals surface area contributed by atoms with E-state index < -0.39 is 0 Å². The minimum absolute atomic E-state index is 0. The van der Waals surface area contributed by atoms with Gasteiger partial charge in [0.1, 0.15) is 0 Å². The highest BCUT2D eigenvalue weighted by Gasteiger charge is 2.06. The normalized spacial score (nSPS) is 11.9. The summed E-state index contributed by atoms with van der Waals surface area (Å²) in [5.41, 5.74) is 6.55. The lowest BCUT2D eigenvalue weighted by Gasteiger charge is -2.09. The summed E-state index contributed by atoms with van der Waals surface area (Å²) in [6, 6.07) is 7.33. The Kier molecular flexibility index (Phi) is 5.50. The standard InChI is InChI=1S/C8H10BrNO.ClH/c9-7-4-2-1-3-6(7)8(10)5-11;/h1-4,8,11H,5,10H2;1H/t8-;/m1./s1. The lowest BCUT2D eigenvalue weighted by atomic mass is 10.1. The second kappa shape index (κ2) is 5.54. The van der Waals surface area contributed by atoms with Crippen LogP contribution in [0, 0.1) is 0 Å². The number of nitrogens with two attached hydrogens (primary N) is 1. The van der Waals surface area contributed by atoms with Crippen molar-refractivity contribution in [3.05, 3.63) is 34.3 Å². The Morgan fingerprint density at radius 1 is 1.42 bits per heavy atom. The first-order chi connectivity index (χ1) is 5.25. The third-order valence-electron chi connectivity index (χ3n) is 1.50. The van der Waals surface area contributed by atoms with Crippen molar-refractivity contribution >= 4 is 28.3 Å². The molecule has 68 valence electrons. The molecule has 0 aliphatic heterocycles. The van der Waals surface area contributed by atoms with E-state index in [0.29, 0.717) is 0 Å². The SMILES string of the molecule is Cl.N[C@H](CO)c1ccccc1Br. The van der Waals surface area contributed by atoms with E-state index in [1.807, 2.05) is 24.3 Å². The Hall–Kier alpha value is -0.0900.